The van der Waals surface area contributed by atoms with Gasteiger partial charge in [0.15, 0.2) is 0 Å². The Labute approximate surface area is 84.8 Å². The van der Waals surface area contributed by atoms with Gasteiger partial charge in [-0.15, -0.1) is 0 Å². The number of unbranched alkanes of at least 4 members (excludes halogenated alkanes) is 1. The van der Waals surface area contributed by atoms with Crippen LogP contribution in [-0.4, -0.2) is 48.8 Å². The van der Waals surface area contributed by atoms with Crippen LogP contribution in [0.25, 0.3) is 0 Å². The third-order valence-corrected chi connectivity index (χ3v) is 2.30. The quantitative estimate of drug-likeness (QED) is 0.531. The van der Waals surface area contributed by atoms with Crippen LogP contribution in [0.1, 0.15) is 19.8 Å². The van der Waals surface area contributed by atoms with Gasteiger partial charge in [-0.2, -0.15) is 0 Å². The van der Waals surface area contributed by atoms with Crippen LogP contribution in [0.4, 0.5) is 4.79 Å². The number of rotatable bonds is 3. The molecule has 1 fully saturated rings. The summed E-state index contributed by atoms with van der Waals surface area (Å²) in [6.45, 7) is 5.38. The third-order valence-electron chi connectivity index (χ3n) is 2.30. The zero-order valence-electron chi connectivity index (χ0n) is 8.74. The van der Waals surface area contributed by atoms with Gasteiger partial charge in [0, 0.05) is 26.2 Å². The highest BCUT2D eigenvalue weighted by Gasteiger charge is 2.19. The van der Waals surface area contributed by atoms with Gasteiger partial charge in [-0.25, -0.2) is 9.80 Å². The van der Waals surface area contributed by atoms with E-state index in [-0.39, 0.29) is 6.09 Å². The molecule has 0 aromatic carbocycles. The van der Waals surface area contributed by atoms with E-state index in [1.807, 2.05) is 0 Å². The number of piperazine rings is 1. The molecule has 0 saturated carbocycles. The first kappa shape index (κ1) is 11.3. The number of ether oxygens (including phenoxy) is 1. The van der Waals surface area contributed by atoms with Crippen molar-refractivity contribution in [2.24, 2.45) is 5.84 Å². The summed E-state index contributed by atoms with van der Waals surface area (Å²) in [4.78, 5) is 13.1. The van der Waals surface area contributed by atoms with Crippen LogP contribution in [0.3, 0.4) is 0 Å². The second kappa shape index (κ2) is 5.82. The van der Waals surface area contributed by atoms with Crippen molar-refractivity contribution >= 4 is 6.09 Å². The lowest BCUT2D eigenvalue weighted by molar-refractivity contribution is 0.0756. The van der Waals surface area contributed by atoms with Crippen molar-refractivity contribution in [3.8, 4) is 0 Å². The molecule has 0 spiro atoms. The van der Waals surface area contributed by atoms with E-state index >= 15 is 0 Å². The number of amides is 1. The number of hydrazine groups is 1. The number of nitrogens with two attached hydrogens (primary N) is 1. The van der Waals surface area contributed by atoms with E-state index in [1.54, 1.807) is 9.91 Å². The molecule has 14 heavy (non-hydrogen) atoms. The minimum Gasteiger partial charge on any atom is -0.449 e. The van der Waals surface area contributed by atoms with Gasteiger partial charge in [-0.1, -0.05) is 13.3 Å². The molecular weight excluding hydrogens is 182 g/mol. The van der Waals surface area contributed by atoms with Crippen LogP contribution in [0.15, 0.2) is 0 Å². The average Bonchev–Trinajstić information content (AvgIpc) is 2.19. The van der Waals surface area contributed by atoms with Gasteiger partial charge in [-0.05, 0) is 6.42 Å². The van der Waals surface area contributed by atoms with Gasteiger partial charge in [0.05, 0.1) is 6.61 Å². The first-order chi connectivity index (χ1) is 6.74. The summed E-state index contributed by atoms with van der Waals surface area (Å²) in [5, 5.41) is 1.72. The summed E-state index contributed by atoms with van der Waals surface area (Å²) in [6.07, 6.45) is 1.78. The molecule has 1 heterocycles. The van der Waals surface area contributed by atoms with E-state index in [4.69, 9.17) is 10.6 Å². The first-order valence-electron chi connectivity index (χ1n) is 5.15. The molecule has 0 atom stereocenters. The molecule has 1 saturated heterocycles. The lowest BCUT2D eigenvalue weighted by Gasteiger charge is -2.31. The molecule has 1 amide bonds. The van der Waals surface area contributed by atoms with Crippen molar-refractivity contribution in [1.82, 2.24) is 9.91 Å². The molecule has 0 aromatic heterocycles. The van der Waals surface area contributed by atoms with Gasteiger partial charge in [0.2, 0.25) is 0 Å². The number of nitrogens with zero attached hydrogens (tertiary/aromatic N) is 2. The molecule has 0 aromatic rings. The Hall–Kier alpha value is -0.810. The maximum absolute atomic E-state index is 11.4. The molecule has 1 aliphatic heterocycles. The molecule has 0 unspecified atom stereocenters. The zero-order chi connectivity index (χ0) is 10.4. The van der Waals surface area contributed by atoms with Gasteiger partial charge in [0.1, 0.15) is 0 Å². The zero-order valence-corrected chi connectivity index (χ0v) is 8.74. The Morgan fingerprint density at radius 3 is 2.57 bits per heavy atom. The van der Waals surface area contributed by atoms with Crippen LogP contribution < -0.4 is 5.84 Å². The molecule has 0 aliphatic carbocycles. The molecule has 5 heteroatoms. The van der Waals surface area contributed by atoms with E-state index in [9.17, 15) is 4.79 Å². The molecule has 2 N–H and O–H groups in total. The molecular formula is C9H19N3O2. The maximum atomic E-state index is 11.4. The van der Waals surface area contributed by atoms with Crippen LogP contribution in [0.2, 0.25) is 0 Å². The lowest BCUT2D eigenvalue weighted by atomic mass is 10.3. The highest BCUT2D eigenvalue weighted by Crippen LogP contribution is 2.01. The fraction of sp³-hybridized carbons (Fsp3) is 0.889. The number of carbonyl (C=O) groups excluding carboxylic acids is 1. The Bertz CT molecular complexity index is 179. The van der Waals surface area contributed by atoms with Crippen molar-refractivity contribution in [2.45, 2.75) is 19.8 Å². The van der Waals surface area contributed by atoms with E-state index in [0.29, 0.717) is 19.7 Å². The minimum absolute atomic E-state index is 0.202. The van der Waals surface area contributed by atoms with E-state index in [0.717, 1.165) is 25.9 Å². The van der Waals surface area contributed by atoms with Crippen LogP contribution >= 0.6 is 0 Å². The van der Waals surface area contributed by atoms with E-state index in [2.05, 4.69) is 6.92 Å². The molecule has 82 valence electrons. The summed E-state index contributed by atoms with van der Waals surface area (Å²) in [6, 6.07) is 0. The third kappa shape index (κ3) is 3.51. The highest BCUT2D eigenvalue weighted by atomic mass is 16.6. The Morgan fingerprint density at radius 2 is 2.00 bits per heavy atom. The Balaban J connectivity index is 2.17. The first-order valence-corrected chi connectivity index (χ1v) is 5.15. The highest BCUT2D eigenvalue weighted by molar-refractivity contribution is 5.67. The smallest absolute Gasteiger partial charge is 0.409 e. The molecule has 1 aliphatic rings. The Kier molecular flexibility index (Phi) is 4.69. The molecule has 0 bridgehead atoms. The topological polar surface area (TPSA) is 58.8 Å². The van der Waals surface area contributed by atoms with Gasteiger partial charge < -0.3 is 9.64 Å². The molecule has 0 radical (unpaired) electrons. The van der Waals surface area contributed by atoms with E-state index < -0.39 is 0 Å². The van der Waals surface area contributed by atoms with Crippen LogP contribution in [-0.2, 0) is 4.74 Å². The number of hydrogen-bond acceptors (Lipinski definition) is 4. The summed E-state index contributed by atoms with van der Waals surface area (Å²) in [5.74, 6) is 5.57. The summed E-state index contributed by atoms with van der Waals surface area (Å²) in [7, 11) is 0. The number of carbonyl (C=O) groups is 1. The second-order valence-corrected chi connectivity index (χ2v) is 3.49. The standard InChI is InChI=1S/C9H19N3O2/c1-2-3-8-14-9(13)11-4-6-12(10)7-5-11/h2-8,10H2,1H3. The van der Waals surface area contributed by atoms with Crippen molar-refractivity contribution in [3.63, 3.8) is 0 Å². The molecule has 1 rings (SSSR count). The van der Waals surface area contributed by atoms with E-state index in [1.165, 1.54) is 0 Å². The average molecular weight is 201 g/mol. The van der Waals surface area contributed by atoms with Crippen molar-refractivity contribution in [3.05, 3.63) is 0 Å². The van der Waals surface area contributed by atoms with Crippen LogP contribution in [0.5, 0.6) is 0 Å². The lowest BCUT2D eigenvalue weighted by Crippen LogP contribution is -2.51. The van der Waals surface area contributed by atoms with Crippen molar-refractivity contribution in [2.75, 3.05) is 32.8 Å². The largest absolute Gasteiger partial charge is 0.449 e. The summed E-state index contributed by atoms with van der Waals surface area (Å²) in [5.41, 5.74) is 0. The fourth-order valence-corrected chi connectivity index (χ4v) is 1.30. The van der Waals surface area contributed by atoms with Gasteiger partial charge in [-0.3, -0.25) is 5.84 Å². The Morgan fingerprint density at radius 1 is 1.36 bits per heavy atom. The summed E-state index contributed by atoms with van der Waals surface area (Å²) >= 11 is 0. The predicted molar refractivity (Wildman–Crippen MR) is 53.6 cm³/mol. The van der Waals surface area contributed by atoms with Crippen LogP contribution in [0, 0.1) is 0 Å². The van der Waals surface area contributed by atoms with Gasteiger partial charge >= 0.3 is 6.09 Å². The van der Waals surface area contributed by atoms with Crippen molar-refractivity contribution < 1.29 is 9.53 Å². The monoisotopic (exact) mass is 201 g/mol. The summed E-state index contributed by atoms with van der Waals surface area (Å²) < 4.78 is 5.08. The van der Waals surface area contributed by atoms with Crippen molar-refractivity contribution in [1.29, 1.82) is 0 Å². The molecule has 5 nitrogen and oxygen atoms in total. The van der Waals surface area contributed by atoms with Gasteiger partial charge in [0.25, 0.3) is 0 Å². The second-order valence-electron chi connectivity index (χ2n) is 3.49. The fourth-order valence-electron chi connectivity index (χ4n) is 1.30. The maximum Gasteiger partial charge on any atom is 0.409 e. The number of hydrogen-bond donors (Lipinski definition) is 1. The SMILES string of the molecule is CCCCOC(=O)N1CCN(N)CC1. The predicted octanol–water partition coefficient (Wildman–Crippen LogP) is 0.414. The minimum atomic E-state index is -0.202. The normalized spacial score (nSPS) is 18.3.